The Kier molecular flexibility index (Phi) is 5.38. The fraction of sp³-hybridized carbons (Fsp3) is 0.462. The van der Waals surface area contributed by atoms with Crippen molar-refractivity contribution in [1.82, 2.24) is 0 Å². The predicted molar refractivity (Wildman–Crippen MR) is 62.2 cm³/mol. The van der Waals surface area contributed by atoms with E-state index in [0.717, 1.165) is 17.7 Å². The van der Waals surface area contributed by atoms with Crippen molar-refractivity contribution in [1.29, 1.82) is 5.26 Å². The summed E-state index contributed by atoms with van der Waals surface area (Å²) < 4.78 is 5.58. The molecule has 1 unspecified atom stereocenters. The van der Waals surface area contributed by atoms with Crippen molar-refractivity contribution in [3.05, 3.63) is 29.8 Å². The standard InChI is InChI=1S/C13H17NO2/c1-2-11-5-3-4-6-13(11)16-10-8-12(15)7-9-14/h3-6,12,15H,2,7-8,10H2,1H3. The summed E-state index contributed by atoms with van der Waals surface area (Å²) in [5.41, 5.74) is 1.16. The Balaban J connectivity index is 2.40. The molecule has 1 atom stereocenters. The second-order valence-corrected chi connectivity index (χ2v) is 3.61. The van der Waals surface area contributed by atoms with Crippen LogP contribution in [0.5, 0.6) is 5.75 Å². The normalized spacial score (nSPS) is 11.8. The van der Waals surface area contributed by atoms with Crippen LogP contribution < -0.4 is 4.74 Å². The molecule has 16 heavy (non-hydrogen) atoms. The number of para-hydroxylation sites is 1. The van der Waals surface area contributed by atoms with Gasteiger partial charge in [-0.1, -0.05) is 25.1 Å². The van der Waals surface area contributed by atoms with Crippen molar-refractivity contribution in [3.63, 3.8) is 0 Å². The summed E-state index contributed by atoms with van der Waals surface area (Å²) in [4.78, 5) is 0. The molecule has 0 spiro atoms. The zero-order valence-electron chi connectivity index (χ0n) is 9.52. The third-order valence-electron chi connectivity index (χ3n) is 2.39. The Bertz CT molecular complexity index is 357. The van der Waals surface area contributed by atoms with Gasteiger partial charge in [0.2, 0.25) is 0 Å². The minimum Gasteiger partial charge on any atom is -0.493 e. The zero-order valence-corrected chi connectivity index (χ0v) is 9.52. The van der Waals surface area contributed by atoms with Gasteiger partial charge in [0.05, 0.1) is 25.2 Å². The van der Waals surface area contributed by atoms with Crippen LogP contribution in [0.3, 0.4) is 0 Å². The first-order chi connectivity index (χ1) is 7.77. The lowest BCUT2D eigenvalue weighted by molar-refractivity contribution is 0.143. The first-order valence-electron chi connectivity index (χ1n) is 5.53. The minimum absolute atomic E-state index is 0.165. The van der Waals surface area contributed by atoms with Gasteiger partial charge in [-0.3, -0.25) is 0 Å². The van der Waals surface area contributed by atoms with E-state index in [1.54, 1.807) is 0 Å². The van der Waals surface area contributed by atoms with Gasteiger partial charge in [-0.05, 0) is 18.1 Å². The highest BCUT2D eigenvalue weighted by Gasteiger charge is 2.05. The molecular formula is C13H17NO2. The molecular weight excluding hydrogens is 202 g/mol. The summed E-state index contributed by atoms with van der Waals surface area (Å²) >= 11 is 0. The van der Waals surface area contributed by atoms with Gasteiger partial charge in [-0.15, -0.1) is 0 Å². The fourth-order valence-corrected chi connectivity index (χ4v) is 1.45. The van der Waals surface area contributed by atoms with Gasteiger partial charge < -0.3 is 9.84 Å². The van der Waals surface area contributed by atoms with Crippen LogP contribution in [0.1, 0.15) is 25.3 Å². The van der Waals surface area contributed by atoms with Crippen LogP contribution in [-0.4, -0.2) is 17.8 Å². The summed E-state index contributed by atoms with van der Waals surface area (Å²) in [5.74, 6) is 0.870. The van der Waals surface area contributed by atoms with Gasteiger partial charge in [-0.2, -0.15) is 5.26 Å². The first kappa shape index (κ1) is 12.5. The monoisotopic (exact) mass is 219 g/mol. The zero-order chi connectivity index (χ0) is 11.8. The van der Waals surface area contributed by atoms with Gasteiger partial charge in [0, 0.05) is 6.42 Å². The van der Waals surface area contributed by atoms with Gasteiger partial charge in [0.25, 0.3) is 0 Å². The minimum atomic E-state index is -0.584. The third kappa shape index (κ3) is 3.92. The second-order valence-electron chi connectivity index (χ2n) is 3.61. The number of nitrogens with zero attached hydrogens (tertiary/aromatic N) is 1. The lowest BCUT2D eigenvalue weighted by Crippen LogP contribution is -2.11. The molecule has 0 radical (unpaired) electrons. The molecule has 1 rings (SSSR count). The van der Waals surface area contributed by atoms with Crippen LogP contribution in [0, 0.1) is 11.3 Å². The van der Waals surface area contributed by atoms with Crippen LogP contribution in [-0.2, 0) is 6.42 Å². The molecule has 86 valence electrons. The summed E-state index contributed by atoms with van der Waals surface area (Å²) in [6, 6.07) is 9.80. The Labute approximate surface area is 96.3 Å². The molecule has 0 bridgehead atoms. The molecule has 0 amide bonds. The van der Waals surface area contributed by atoms with Crippen molar-refractivity contribution >= 4 is 0 Å². The number of nitriles is 1. The molecule has 0 saturated carbocycles. The molecule has 0 aliphatic rings. The maximum Gasteiger partial charge on any atom is 0.122 e. The number of hydrogen-bond donors (Lipinski definition) is 1. The van der Waals surface area contributed by atoms with E-state index in [1.165, 1.54) is 0 Å². The highest BCUT2D eigenvalue weighted by atomic mass is 16.5. The molecule has 0 aromatic heterocycles. The van der Waals surface area contributed by atoms with Crippen LogP contribution >= 0.6 is 0 Å². The Morgan fingerprint density at radius 3 is 2.88 bits per heavy atom. The lowest BCUT2D eigenvalue weighted by Gasteiger charge is -2.11. The van der Waals surface area contributed by atoms with Crippen LogP contribution in [0.15, 0.2) is 24.3 Å². The molecule has 0 aliphatic heterocycles. The average Bonchev–Trinajstić information content (AvgIpc) is 2.30. The largest absolute Gasteiger partial charge is 0.493 e. The highest BCUT2D eigenvalue weighted by Crippen LogP contribution is 2.18. The molecule has 0 saturated heterocycles. The molecule has 0 heterocycles. The van der Waals surface area contributed by atoms with E-state index in [2.05, 4.69) is 6.92 Å². The Hall–Kier alpha value is -1.53. The van der Waals surface area contributed by atoms with Crippen molar-refractivity contribution in [2.45, 2.75) is 32.3 Å². The van der Waals surface area contributed by atoms with Gasteiger partial charge in [-0.25, -0.2) is 0 Å². The van der Waals surface area contributed by atoms with E-state index in [1.807, 2.05) is 30.3 Å². The number of ether oxygens (including phenoxy) is 1. The van der Waals surface area contributed by atoms with E-state index in [9.17, 15) is 5.11 Å². The van der Waals surface area contributed by atoms with Gasteiger partial charge in [0.1, 0.15) is 5.75 Å². The van der Waals surface area contributed by atoms with Crippen molar-refractivity contribution < 1.29 is 9.84 Å². The van der Waals surface area contributed by atoms with E-state index < -0.39 is 6.10 Å². The smallest absolute Gasteiger partial charge is 0.122 e. The van der Waals surface area contributed by atoms with Crippen LogP contribution in [0.2, 0.25) is 0 Å². The molecule has 1 N–H and O–H groups in total. The number of rotatable bonds is 6. The lowest BCUT2D eigenvalue weighted by atomic mass is 10.1. The summed E-state index contributed by atoms with van der Waals surface area (Å²) in [5, 5.41) is 17.7. The van der Waals surface area contributed by atoms with Crippen molar-refractivity contribution in [2.24, 2.45) is 0 Å². The van der Waals surface area contributed by atoms with Crippen molar-refractivity contribution in [3.8, 4) is 11.8 Å². The molecule has 1 aromatic carbocycles. The summed E-state index contributed by atoms with van der Waals surface area (Å²) in [7, 11) is 0. The molecule has 1 aromatic rings. The SMILES string of the molecule is CCc1ccccc1OCCC(O)CC#N. The number of hydrogen-bond acceptors (Lipinski definition) is 3. The van der Waals surface area contributed by atoms with Gasteiger partial charge >= 0.3 is 0 Å². The van der Waals surface area contributed by atoms with E-state index in [4.69, 9.17) is 10.00 Å². The molecule has 3 heteroatoms. The second kappa shape index (κ2) is 6.86. The summed E-state index contributed by atoms with van der Waals surface area (Å²) in [6.07, 6.45) is 1.00. The fourth-order valence-electron chi connectivity index (χ4n) is 1.45. The van der Waals surface area contributed by atoms with Crippen LogP contribution in [0.25, 0.3) is 0 Å². The Morgan fingerprint density at radius 1 is 1.44 bits per heavy atom. The van der Waals surface area contributed by atoms with Crippen LogP contribution in [0.4, 0.5) is 0 Å². The maximum absolute atomic E-state index is 9.35. The third-order valence-corrected chi connectivity index (χ3v) is 2.39. The quantitative estimate of drug-likeness (QED) is 0.798. The summed E-state index contributed by atoms with van der Waals surface area (Å²) in [6.45, 7) is 2.52. The van der Waals surface area contributed by atoms with E-state index in [-0.39, 0.29) is 6.42 Å². The van der Waals surface area contributed by atoms with Gasteiger partial charge in [0.15, 0.2) is 0 Å². The Morgan fingerprint density at radius 2 is 2.19 bits per heavy atom. The number of aryl methyl sites for hydroxylation is 1. The van der Waals surface area contributed by atoms with Crippen molar-refractivity contribution in [2.75, 3.05) is 6.61 Å². The topological polar surface area (TPSA) is 53.2 Å². The molecule has 0 fully saturated rings. The number of benzene rings is 1. The predicted octanol–water partition coefficient (Wildman–Crippen LogP) is 2.29. The maximum atomic E-state index is 9.35. The average molecular weight is 219 g/mol. The van der Waals surface area contributed by atoms with E-state index in [0.29, 0.717) is 13.0 Å². The number of aliphatic hydroxyl groups excluding tert-OH is 1. The highest BCUT2D eigenvalue weighted by molar-refractivity contribution is 5.33. The number of aliphatic hydroxyl groups is 1. The first-order valence-corrected chi connectivity index (χ1v) is 5.53. The molecule has 0 aliphatic carbocycles. The molecule has 3 nitrogen and oxygen atoms in total. The van der Waals surface area contributed by atoms with E-state index >= 15 is 0 Å².